The Hall–Kier alpha value is -2.73. The van der Waals surface area contributed by atoms with Gasteiger partial charge in [0.15, 0.2) is 5.96 Å². The Labute approximate surface area is 161 Å². The molecule has 6 nitrogen and oxygen atoms in total. The summed E-state index contributed by atoms with van der Waals surface area (Å²) < 4.78 is 16.3. The minimum Gasteiger partial charge on any atom is -0.497 e. The molecule has 0 amide bonds. The number of hydrogen-bond acceptors (Lipinski definition) is 4. The van der Waals surface area contributed by atoms with Gasteiger partial charge in [0.1, 0.15) is 17.6 Å². The fraction of sp³-hybridized carbons (Fsp3) is 0.381. The van der Waals surface area contributed by atoms with E-state index < -0.39 is 0 Å². The zero-order chi connectivity index (χ0) is 19.5. The third kappa shape index (κ3) is 7.19. The van der Waals surface area contributed by atoms with Gasteiger partial charge in [-0.05, 0) is 30.2 Å². The topological polar surface area (TPSA) is 64.1 Å². The third-order valence-electron chi connectivity index (χ3n) is 3.92. The highest BCUT2D eigenvalue weighted by Crippen LogP contribution is 2.19. The number of hydrogen-bond donors (Lipinski definition) is 2. The molecule has 0 aliphatic carbocycles. The van der Waals surface area contributed by atoms with E-state index in [9.17, 15) is 0 Å². The lowest BCUT2D eigenvalue weighted by Crippen LogP contribution is -2.41. The van der Waals surface area contributed by atoms with Crippen LogP contribution < -0.4 is 20.1 Å². The first-order valence-corrected chi connectivity index (χ1v) is 8.96. The molecule has 1 unspecified atom stereocenters. The van der Waals surface area contributed by atoms with Crippen molar-refractivity contribution in [2.45, 2.75) is 26.2 Å². The van der Waals surface area contributed by atoms with E-state index in [1.165, 1.54) is 5.56 Å². The van der Waals surface area contributed by atoms with Crippen LogP contribution in [0.2, 0.25) is 0 Å². The fourth-order valence-electron chi connectivity index (χ4n) is 2.59. The average Bonchev–Trinajstić information content (AvgIpc) is 2.69. The lowest BCUT2D eigenvalue weighted by atomic mass is 10.1. The maximum atomic E-state index is 5.92. The third-order valence-corrected chi connectivity index (χ3v) is 3.92. The van der Waals surface area contributed by atoms with Crippen molar-refractivity contribution in [1.82, 2.24) is 10.6 Å². The van der Waals surface area contributed by atoms with Crippen LogP contribution in [0.3, 0.4) is 0 Å². The molecular weight excluding hydrogens is 342 g/mol. The van der Waals surface area contributed by atoms with Crippen LogP contribution in [0.15, 0.2) is 53.5 Å². The molecule has 0 spiro atoms. The summed E-state index contributed by atoms with van der Waals surface area (Å²) in [7, 11) is 5.10. The molecule has 1 atom stereocenters. The van der Waals surface area contributed by atoms with Crippen LogP contribution in [0.1, 0.15) is 18.1 Å². The van der Waals surface area contributed by atoms with Gasteiger partial charge in [0.05, 0.1) is 20.3 Å². The van der Waals surface area contributed by atoms with Crippen LogP contribution in [-0.4, -0.2) is 39.9 Å². The second-order valence-electron chi connectivity index (χ2n) is 6.17. The van der Waals surface area contributed by atoms with E-state index in [1.807, 2.05) is 37.3 Å². The second kappa shape index (κ2) is 11.1. The van der Waals surface area contributed by atoms with Gasteiger partial charge in [0.2, 0.25) is 0 Å². The lowest BCUT2D eigenvalue weighted by molar-refractivity contribution is 0.185. The SMILES string of the molecule is CN=C(NCc1cccc(COC)c1)NCC(C)Oc1cccc(OC)c1. The largest absolute Gasteiger partial charge is 0.497 e. The summed E-state index contributed by atoms with van der Waals surface area (Å²) >= 11 is 0. The second-order valence-corrected chi connectivity index (χ2v) is 6.17. The summed E-state index contributed by atoms with van der Waals surface area (Å²) in [6.07, 6.45) is -0.0271. The molecule has 2 rings (SSSR count). The number of guanidine groups is 1. The Morgan fingerprint density at radius 1 is 1.00 bits per heavy atom. The molecular formula is C21H29N3O3. The molecule has 0 saturated carbocycles. The molecule has 0 aliphatic rings. The van der Waals surface area contributed by atoms with Crippen molar-refractivity contribution in [3.05, 3.63) is 59.7 Å². The Balaban J connectivity index is 1.80. The normalized spacial score (nSPS) is 12.4. The van der Waals surface area contributed by atoms with E-state index >= 15 is 0 Å². The molecule has 0 bridgehead atoms. The van der Waals surface area contributed by atoms with Crippen molar-refractivity contribution in [1.29, 1.82) is 0 Å². The van der Waals surface area contributed by atoms with Crippen molar-refractivity contribution in [3.63, 3.8) is 0 Å². The summed E-state index contributed by atoms with van der Waals surface area (Å²) in [4.78, 5) is 4.26. The molecule has 0 aromatic heterocycles. The zero-order valence-electron chi connectivity index (χ0n) is 16.5. The van der Waals surface area contributed by atoms with Crippen LogP contribution in [-0.2, 0) is 17.9 Å². The molecule has 0 fully saturated rings. The number of nitrogens with zero attached hydrogens (tertiary/aromatic N) is 1. The molecule has 0 saturated heterocycles. The Bertz CT molecular complexity index is 734. The number of benzene rings is 2. The van der Waals surface area contributed by atoms with Gasteiger partial charge < -0.3 is 24.8 Å². The van der Waals surface area contributed by atoms with Gasteiger partial charge in [-0.25, -0.2) is 0 Å². The quantitative estimate of drug-likeness (QED) is 0.524. The van der Waals surface area contributed by atoms with Crippen molar-refractivity contribution in [2.75, 3.05) is 27.8 Å². The van der Waals surface area contributed by atoms with E-state index in [0.717, 1.165) is 23.0 Å². The Morgan fingerprint density at radius 2 is 1.74 bits per heavy atom. The maximum Gasteiger partial charge on any atom is 0.191 e. The highest BCUT2D eigenvalue weighted by atomic mass is 16.5. The van der Waals surface area contributed by atoms with E-state index in [1.54, 1.807) is 21.3 Å². The molecule has 0 radical (unpaired) electrons. The Morgan fingerprint density at radius 3 is 2.48 bits per heavy atom. The van der Waals surface area contributed by atoms with Crippen molar-refractivity contribution < 1.29 is 14.2 Å². The zero-order valence-corrected chi connectivity index (χ0v) is 16.5. The number of nitrogens with one attached hydrogen (secondary N) is 2. The summed E-state index contributed by atoms with van der Waals surface area (Å²) in [5.74, 6) is 2.29. The van der Waals surface area contributed by atoms with Gasteiger partial charge in [-0.1, -0.05) is 30.3 Å². The van der Waals surface area contributed by atoms with Gasteiger partial charge in [-0.15, -0.1) is 0 Å². The molecule has 6 heteroatoms. The number of ether oxygens (including phenoxy) is 3. The molecule has 2 aromatic carbocycles. The van der Waals surface area contributed by atoms with Crippen LogP contribution >= 0.6 is 0 Å². The molecule has 2 aromatic rings. The predicted octanol–water partition coefficient (Wildman–Crippen LogP) is 2.97. The summed E-state index contributed by atoms with van der Waals surface area (Å²) in [6.45, 7) is 3.93. The smallest absolute Gasteiger partial charge is 0.191 e. The lowest BCUT2D eigenvalue weighted by Gasteiger charge is -2.18. The van der Waals surface area contributed by atoms with Crippen molar-refractivity contribution in [2.24, 2.45) is 4.99 Å². The first-order valence-electron chi connectivity index (χ1n) is 8.96. The first kappa shape index (κ1) is 20.6. The molecule has 2 N–H and O–H groups in total. The van der Waals surface area contributed by atoms with Crippen LogP contribution in [0, 0.1) is 0 Å². The highest BCUT2D eigenvalue weighted by Gasteiger charge is 2.07. The number of rotatable bonds is 9. The van der Waals surface area contributed by atoms with Gasteiger partial charge in [0, 0.05) is 26.8 Å². The van der Waals surface area contributed by atoms with E-state index in [0.29, 0.717) is 19.7 Å². The molecule has 0 aliphatic heterocycles. The van der Waals surface area contributed by atoms with E-state index in [4.69, 9.17) is 14.2 Å². The monoisotopic (exact) mass is 371 g/mol. The van der Waals surface area contributed by atoms with Crippen LogP contribution in [0.25, 0.3) is 0 Å². The van der Waals surface area contributed by atoms with Crippen LogP contribution in [0.5, 0.6) is 11.5 Å². The predicted molar refractivity (Wildman–Crippen MR) is 108 cm³/mol. The Kier molecular flexibility index (Phi) is 8.45. The highest BCUT2D eigenvalue weighted by molar-refractivity contribution is 5.79. The number of methoxy groups -OCH3 is 2. The van der Waals surface area contributed by atoms with Gasteiger partial charge in [0.25, 0.3) is 0 Å². The van der Waals surface area contributed by atoms with Gasteiger partial charge in [-0.2, -0.15) is 0 Å². The van der Waals surface area contributed by atoms with Gasteiger partial charge >= 0.3 is 0 Å². The molecule has 146 valence electrons. The summed E-state index contributed by atoms with van der Waals surface area (Å²) in [5, 5.41) is 6.60. The first-order chi connectivity index (χ1) is 13.1. The minimum absolute atomic E-state index is 0.0271. The summed E-state index contributed by atoms with van der Waals surface area (Å²) in [5.41, 5.74) is 2.33. The van der Waals surface area contributed by atoms with E-state index in [2.05, 4.69) is 33.8 Å². The van der Waals surface area contributed by atoms with E-state index in [-0.39, 0.29) is 6.10 Å². The van der Waals surface area contributed by atoms with Gasteiger partial charge in [-0.3, -0.25) is 4.99 Å². The summed E-state index contributed by atoms with van der Waals surface area (Å²) in [6, 6.07) is 15.9. The fourth-order valence-corrected chi connectivity index (χ4v) is 2.59. The molecule has 27 heavy (non-hydrogen) atoms. The van der Waals surface area contributed by atoms with Crippen molar-refractivity contribution in [3.8, 4) is 11.5 Å². The molecule has 0 heterocycles. The maximum absolute atomic E-state index is 5.92. The standard InChI is InChI=1S/C21H29N3O3/c1-16(27-20-10-6-9-19(12-20)26-4)13-23-21(22-2)24-14-17-7-5-8-18(11-17)15-25-3/h5-12,16H,13-15H2,1-4H3,(H2,22,23,24). The van der Waals surface area contributed by atoms with Crippen LogP contribution in [0.4, 0.5) is 0 Å². The van der Waals surface area contributed by atoms with Crippen molar-refractivity contribution >= 4 is 5.96 Å². The average molecular weight is 371 g/mol. The number of aliphatic imine (C=N–C) groups is 1. The minimum atomic E-state index is -0.0271.